The fourth-order valence-corrected chi connectivity index (χ4v) is 4.98. The summed E-state index contributed by atoms with van der Waals surface area (Å²) in [5, 5.41) is 3.75. The summed E-state index contributed by atoms with van der Waals surface area (Å²) in [6.45, 7) is 8.74. The molecule has 0 radical (unpaired) electrons. The van der Waals surface area contributed by atoms with E-state index in [1.54, 1.807) is 45.9 Å². The minimum absolute atomic E-state index is 0.0184. The molecule has 1 aliphatic rings. The molecule has 2 aromatic heterocycles. The fourth-order valence-electron chi connectivity index (χ4n) is 4.35. The average Bonchev–Trinajstić information content (AvgIpc) is 2.81. The SMILES string of the molecule is Cc1c(C2=CCC(F)(F)CC2)oc2c([C@@H](C)Nc3ccc(Cl)nc3C(=O)OC(C)(C)C)cc(Br)cc2c1=O. The second-order valence-corrected chi connectivity index (χ2v) is 11.7. The highest BCUT2D eigenvalue weighted by Crippen LogP contribution is 2.39. The van der Waals surface area contributed by atoms with E-state index in [1.807, 2.05) is 13.0 Å². The molecule has 6 nitrogen and oxygen atoms in total. The Labute approximate surface area is 232 Å². The van der Waals surface area contributed by atoms with Crippen LogP contribution >= 0.6 is 27.5 Å². The number of carbonyl (C=O) groups excluding carboxylic acids is 1. The van der Waals surface area contributed by atoms with Crippen LogP contribution in [-0.2, 0) is 4.74 Å². The van der Waals surface area contributed by atoms with Crippen molar-refractivity contribution in [2.75, 3.05) is 5.32 Å². The molecule has 202 valence electrons. The van der Waals surface area contributed by atoms with Gasteiger partial charge in [0.05, 0.1) is 17.1 Å². The molecule has 1 atom stereocenters. The number of hydrogen-bond acceptors (Lipinski definition) is 6. The molecule has 0 aliphatic heterocycles. The number of allylic oxidation sites excluding steroid dienone is 2. The molecule has 0 unspecified atom stereocenters. The molecule has 10 heteroatoms. The zero-order valence-electron chi connectivity index (χ0n) is 21.7. The van der Waals surface area contributed by atoms with Crippen LogP contribution in [0.2, 0.25) is 5.15 Å². The number of rotatable bonds is 5. The lowest BCUT2D eigenvalue weighted by Crippen LogP contribution is -2.25. The first-order chi connectivity index (χ1) is 17.6. The number of aromatic nitrogens is 1. The summed E-state index contributed by atoms with van der Waals surface area (Å²) < 4.78 is 40.0. The number of benzene rings is 1. The van der Waals surface area contributed by atoms with Gasteiger partial charge in [-0.15, -0.1) is 0 Å². The van der Waals surface area contributed by atoms with E-state index in [2.05, 4.69) is 26.2 Å². The number of anilines is 1. The first kappa shape index (κ1) is 28.2. The van der Waals surface area contributed by atoms with Gasteiger partial charge in [-0.2, -0.15) is 0 Å². The van der Waals surface area contributed by atoms with Crippen LogP contribution in [0.25, 0.3) is 16.5 Å². The molecule has 3 aromatic rings. The Morgan fingerprint density at radius 2 is 2.00 bits per heavy atom. The van der Waals surface area contributed by atoms with E-state index in [0.717, 1.165) is 0 Å². The van der Waals surface area contributed by atoms with E-state index in [4.69, 9.17) is 20.8 Å². The number of halogens is 4. The van der Waals surface area contributed by atoms with Gasteiger partial charge in [0.25, 0.3) is 5.92 Å². The number of nitrogens with one attached hydrogen (secondary N) is 1. The van der Waals surface area contributed by atoms with E-state index in [-0.39, 0.29) is 29.1 Å². The zero-order valence-corrected chi connectivity index (χ0v) is 24.0. The molecule has 1 aliphatic carbocycles. The largest absolute Gasteiger partial charge is 0.456 e. The average molecular weight is 610 g/mol. The third kappa shape index (κ3) is 6.10. The standard InChI is InChI=1S/C28H28BrClF2N2O4/c1-14-23(35)19-13-17(29)12-18(25(19)37-24(14)16-8-10-28(31,32)11-9-16)15(2)33-20-6-7-21(30)34-22(20)26(36)38-27(3,4)5/h6-8,12-13,15,33H,9-11H2,1-5H3/t15-/m1/s1. The van der Waals surface area contributed by atoms with E-state index in [0.29, 0.717) is 43.6 Å². The summed E-state index contributed by atoms with van der Waals surface area (Å²) in [4.78, 5) is 30.4. The van der Waals surface area contributed by atoms with Gasteiger partial charge in [-0.25, -0.2) is 18.6 Å². The van der Waals surface area contributed by atoms with E-state index in [9.17, 15) is 18.4 Å². The lowest BCUT2D eigenvalue weighted by atomic mass is 9.92. The molecule has 0 bridgehead atoms. The second kappa shape index (κ2) is 10.4. The maximum absolute atomic E-state index is 13.8. The fraction of sp³-hybridized carbons (Fsp3) is 0.393. The lowest BCUT2D eigenvalue weighted by Gasteiger charge is -2.23. The summed E-state index contributed by atoms with van der Waals surface area (Å²) in [5.41, 5.74) is 1.35. The maximum Gasteiger partial charge on any atom is 0.359 e. The Morgan fingerprint density at radius 1 is 1.29 bits per heavy atom. The van der Waals surface area contributed by atoms with Crippen molar-refractivity contribution in [1.29, 1.82) is 0 Å². The summed E-state index contributed by atoms with van der Waals surface area (Å²) in [7, 11) is 0. The molecule has 4 rings (SSSR count). The highest BCUT2D eigenvalue weighted by atomic mass is 79.9. The number of fused-ring (bicyclic) bond motifs is 1. The number of hydrogen-bond donors (Lipinski definition) is 1. The summed E-state index contributed by atoms with van der Waals surface area (Å²) >= 11 is 9.55. The molecule has 0 fully saturated rings. The number of nitrogens with zero attached hydrogens (tertiary/aromatic N) is 1. The van der Waals surface area contributed by atoms with Gasteiger partial charge < -0.3 is 14.5 Å². The molecule has 38 heavy (non-hydrogen) atoms. The predicted molar refractivity (Wildman–Crippen MR) is 148 cm³/mol. The number of esters is 1. The first-order valence-electron chi connectivity index (χ1n) is 12.2. The Balaban J connectivity index is 1.79. The number of carbonyl (C=O) groups is 1. The normalized spacial score (nSPS) is 16.2. The van der Waals surface area contributed by atoms with Crippen LogP contribution in [0.3, 0.4) is 0 Å². The van der Waals surface area contributed by atoms with Gasteiger partial charge in [-0.1, -0.05) is 33.6 Å². The molecule has 0 spiro atoms. The van der Waals surface area contributed by atoms with Crippen molar-refractivity contribution in [2.24, 2.45) is 0 Å². The van der Waals surface area contributed by atoms with Crippen LogP contribution in [0, 0.1) is 6.92 Å². The van der Waals surface area contributed by atoms with Gasteiger partial charge >= 0.3 is 5.97 Å². The highest BCUT2D eigenvalue weighted by molar-refractivity contribution is 9.10. The van der Waals surface area contributed by atoms with Gasteiger partial charge in [0, 0.05) is 28.4 Å². The Morgan fingerprint density at radius 3 is 2.63 bits per heavy atom. The van der Waals surface area contributed by atoms with E-state index < -0.39 is 30.0 Å². The van der Waals surface area contributed by atoms with Crippen LogP contribution < -0.4 is 10.7 Å². The van der Waals surface area contributed by atoms with E-state index in [1.165, 1.54) is 6.08 Å². The molecule has 1 aromatic carbocycles. The van der Waals surface area contributed by atoms with Gasteiger partial charge in [0.1, 0.15) is 22.1 Å². The summed E-state index contributed by atoms with van der Waals surface area (Å²) in [6.07, 6.45) is 0.860. The van der Waals surface area contributed by atoms with Gasteiger partial charge in [0.2, 0.25) is 0 Å². The zero-order chi connectivity index (χ0) is 28.0. The number of pyridine rings is 1. The van der Waals surface area contributed by atoms with Gasteiger partial charge in [0.15, 0.2) is 11.1 Å². The minimum atomic E-state index is -2.76. The quantitative estimate of drug-likeness (QED) is 0.232. The number of alkyl halides is 2. The molecule has 0 saturated carbocycles. The monoisotopic (exact) mass is 608 g/mol. The topological polar surface area (TPSA) is 81.4 Å². The van der Waals surface area contributed by atoms with E-state index >= 15 is 0 Å². The van der Waals surface area contributed by atoms with Crippen LogP contribution in [-0.4, -0.2) is 22.5 Å². The third-order valence-electron chi connectivity index (χ3n) is 6.20. The second-order valence-electron chi connectivity index (χ2n) is 10.4. The van der Waals surface area contributed by atoms with Crippen LogP contribution in [0.15, 0.2) is 44.0 Å². The molecule has 2 heterocycles. The van der Waals surface area contributed by atoms with Crippen molar-refractivity contribution < 1.29 is 22.7 Å². The van der Waals surface area contributed by atoms with Crippen LogP contribution in [0.5, 0.6) is 0 Å². The van der Waals surface area contributed by atoms with Gasteiger partial charge in [-0.05, 0) is 70.9 Å². The van der Waals surface area contributed by atoms with Crippen molar-refractivity contribution in [3.63, 3.8) is 0 Å². The Kier molecular flexibility index (Phi) is 7.74. The third-order valence-corrected chi connectivity index (χ3v) is 6.87. The number of ether oxygens (including phenoxy) is 1. The maximum atomic E-state index is 13.8. The summed E-state index contributed by atoms with van der Waals surface area (Å²) in [5.74, 6) is -3.09. The molecule has 1 N–H and O–H groups in total. The molecule has 0 saturated heterocycles. The Hall–Kier alpha value is -2.78. The van der Waals surface area contributed by atoms with Crippen LogP contribution in [0.4, 0.5) is 14.5 Å². The molecule has 0 amide bonds. The predicted octanol–water partition coefficient (Wildman–Crippen LogP) is 8.24. The first-order valence-corrected chi connectivity index (χ1v) is 13.3. The smallest absolute Gasteiger partial charge is 0.359 e. The van der Waals surface area contributed by atoms with Crippen molar-refractivity contribution in [2.45, 2.75) is 71.4 Å². The van der Waals surface area contributed by atoms with Crippen molar-refractivity contribution in [1.82, 2.24) is 4.98 Å². The highest BCUT2D eigenvalue weighted by Gasteiger charge is 2.33. The lowest BCUT2D eigenvalue weighted by molar-refractivity contribution is -0.00623. The van der Waals surface area contributed by atoms with Crippen LogP contribution in [0.1, 0.15) is 80.4 Å². The van der Waals surface area contributed by atoms with Crippen molar-refractivity contribution in [3.05, 3.63) is 72.8 Å². The Bertz CT molecular complexity index is 1510. The summed E-state index contributed by atoms with van der Waals surface area (Å²) in [6, 6.07) is 6.19. The van der Waals surface area contributed by atoms with Crippen molar-refractivity contribution >= 4 is 55.7 Å². The minimum Gasteiger partial charge on any atom is -0.456 e. The van der Waals surface area contributed by atoms with Crippen molar-refractivity contribution in [3.8, 4) is 0 Å². The van der Waals surface area contributed by atoms with Gasteiger partial charge in [-0.3, -0.25) is 4.79 Å². The molecular formula is C28H28BrClF2N2O4. The molecular weight excluding hydrogens is 582 g/mol.